The molecule has 2 rings (SSSR count). The molecule has 3 atom stereocenters. The molecule has 2 fully saturated rings. The summed E-state index contributed by atoms with van der Waals surface area (Å²) in [5.41, 5.74) is 0.255. The molecule has 3 unspecified atom stereocenters. The zero-order valence-corrected chi connectivity index (χ0v) is 13.2. The van der Waals surface area contributed by atoms with E-state index in [0.29, 0.717) is 12.1 Å². The fourth-order valence-electron chi connectivity index (χ4n) is 3.23. The molecule has 112 valence electrons. The SMILES string of the molecule is CCC(C)C1CN(CC2CCCCO2)C(C)(C)CN1. The van der Waals surface area contributed by atoms with Crippen molar-refractivity contribution in [1.82, 2.24) is 10.2 Å². The second-order valence-electron chi connectivity index (χ2n) is 7.08. The average Bonchev–Trinajstić information content (AvgIpc) is 2.41. The zero-order valence-electron chi connectivity index (χ0n) is 13.2. The Labute approximate surface area is 119 Å². The summed E-state index contributed by atoms with van der Waals surface area (Å²) in [6.45, 7) is 13.7. The van der Waals surface area contributed by atoms with Crippen molar-refractivity contribution in [3.8, 4) is 0 Å². The molecule has 0 spiro atoms. The Bertz CT molecular complexity index is 272. The fourth-order valence-corrected chi connectivity index (χ4v) is 3.23. The Morgan fingerprint density at radius 2 is 2.16 bits per heavy atom. The van der Waals surface area contributed by atoms with Gasteiger partial charge in [0.05, 0.1) is 6.10 Å². The van der Waals surface area contributed by atoms with Gasteiger partial charge in [0.2, 0.25) is 0 Å². The van der Waals surface area contributed by atoms with E-state index >= 15 is 0 Å². The molecule has 0 radical (unpaired) electrons. The van der Waals surface area contributed by atoms with Gasteiger partial charge in [-0.05, 0) is 39.0 Å². The van der Waals surface area contributed by atoms with Gasteiger partial charge in [-0.3, -0.25) is 4.90 Å². The van der Waals surface area contributed by atoms with E-state index in [4.69, 9.17) is 4.74 Å². The molecule has 2 aliphatic rings. The first-order chi connectivity index (χ1) is 9.03. The maximum atomic E-state index is 5.93. The van der Waals surface area contributed by atoms with Gasteiger partial charge in [0.1, 0.15) is 0 Å². The molecule has 3 nitrogen and oxygen atoms in total. The lowest BCUT2D eigenvalue weighted by molar-refractivity contribution is -0.0407. The summed E-state index contributed by atoms with van der Waals surface area (Å²) in [4.78, 5) is 2.66. The number of hydrogen-bond donors (Lipinski definition) is 1. The summed E-state index contributed by atoms with van der Waals surface area (Å²) >= 11 is 0. The molecule has 0 saturated carbocycles. The van der Waals surface area contributed by atoms with Crippen molar-refractivity contribution < 1.29 is 4.74 Å². The number of piperazine rings is 1. The van der Waals surface area contributed by atoms with Crippen molar-refractivity contribution in [1.29, 1.82) is 0 Å². The van der Waals surface area contributed by atoms with Crippen molar-refractivity contribution in [2.45, 2.75) is 71.1 Å². The molecular formula is C16H32N2O. The highest BCUT2D eigenvalue weighted by Gasteiger charge is 2.36. The lowest BCUT2D eigenvalue weighted by atomic mass is 9.90. The summed E-state index contributed by atoms with van der Waals surface area (Å²) in [5.74, 6) is 0.755. The van der Waals surface area contributed by atoms with Crippen LogP contribution in [0.15, 0.2) is 0 Å². The van der Waals surface area contributed by atoms with E-state index < -0.39 is 0 Å². The number of nitrogens with zero attached hydrogens (tertiary/aromatic N) is 1. The van der Waals surface area contributed by atoms with Crippen LogP contribution in [-0.4, -0.2) is 48.8 Å². The third-order valence-electron chi connectivity index (χ3n) is 5.10. The van der Waals surface area contributed by atoms with Crippen LogP contribution in [0, 0.1) is 5.92 Å². The summed E-state index contributed by atoms with van der Waals surface area (Å²) in [6.07, 6.45) is 5.55. The zero-order chi connectivity index (χ0) is 13.9. The fraction of sp³-hybridized carbons (Fsp3) is 1.00. The maximum Gasteiger partial charge on any atom is 0.0702 e. The smallest absolute Gasteiger partial charge is 0.0702 e. The number of nitrogens with one attached hydrogen (secondary N) is 1. The third-order valence-corrected chi connectivity index (χ3v) is 5.10. The molecule has 2 saturated heterocycles. The van der Waals surface area contributed by atoms with Gasteiger partial charge in [-0.25, -0.2) is 0 Å². The molecule has 0 bridgehead atoms. The van der Waals surface area contributed by atoms with E-state index in [9.17, 15) is 0 Å². The van der Waals surface area contributed by atoms with E-state index in [0.717, 1.165) is 25.6 Å². The highest BCUT2D eigenvalue weighted by molar-refractivity contribution is 4.95. The molecule has 0 aromatic heterocycles. The van der Waals surface area contributed by atoms with Crippen LogP contribution in [0.5, 0.6) is 0 Å². The molecule has 1 N–H and O–H groups in total. The average molecular weight is 268 g/mol. The van der Waals surface area contributed by atoms with Crippen LogP contribution in [0.1, 0.15) is 53.4 Å². The summed E-state index contributed by atoms with van der Waals surface area (Å²) in [7, 11) is 0. The van der Waals surface area contributed by atoms with Crippen LogP contribution in [0.4, 0.5) is 0 Å². The summed E-state index contributed by atoms with van der Waals surface area (Å²) in [5, 5.41) is 3.74. The Morgan fingerprint density at radius 1 is 1.37 bits per heavy atom. The minimum atomic E-state index is 0.255. The third kappa shape index (κ3) is 3.93. The second-order valence-corrected chi connectivity index (χ2v) is 7.08. The molecule has 2 heterocycles. The molecule has 2 aliphatic heterocycles. The van der Waals surface area contributed by atoms with Crippen molar-refractivity contribution >= 4 is 0 Å². The van der Waals surface area contributed by atoms with Gasteiger partial charge in [-0.2, -0.15) is 0 Å². The molecule has 0 aromatic carbocycles. The largest absolute Gasteiger partial charge is 0.377 e. The Balaban J connectivity index is 1.93. The highest BCUT2D eigenvalue weighted by atomic mass is 16.5. The number of hydrogen-bond acceptors (Lipinski definition) is 3. The van der Waals surface area contributed by atoms with Crippen molar-refractivity contribution in [3.63, 3.8) is 0 Å². The summed E-state index contributed by atoms with van der Waals surface area (Å²) < 4.78 is 5.93. The minimum Gasteiger partial charge on any atom is -0.377 e. The predicted octanol–water partition coefficient (Wildman–Crippen LogP) is 2.65. The van der Waals surface area contributed by atoms with Crippen LogP contribution in [0.25, 0.3) is 0 Å². The van der Waals surface area contributed by atoms with Gasteiger partial charge in [-0.15, -0.1) is 0 Å². The quantitative estimate of drug-likeness (QED) is 0.848. The standard InChI is InChI=1S/C16H32N2O/c1-5-13(2)15-11-18(16(3,4)12-17-15)10-14-8-6-7-9-19-14/h13-15,17H,5-12H2,1-4H3. The van der Waals surface area contributed by atoms with Crippen molar-refractivity contribution in [3.05, 3.63) is 0 Å². The van der Waals surface area contributed by atoms with Crippen LogP contribution in [-0.2, 0) is 4.74 Å². The first-order valence-corrected chi connectivity index (χ1v) is 8.13. The van der Waals surface area contributed by atoms with Gasteiger partial charge in [0, 0.05) is 37.8 Å². The molecule has 0 aromatic rings. The Morgan fingerprint density at radius 3 is 2.79 bits per heavy atom. The van der Waals surface area contributed by atoms with Crippen molar-refractivity contribution in [2.24, 2.45) is 5.92 Å². The lowest BCUT2D eigenvalue weighted by Gasteiger charge is -2.49. The topological polar surface area (TPSA) is 24.5 Å². The van der Waals surface area contributed by atoms with E-state index in [2.05, 4.69) is 37.9 Å². The first kappa shape index (κ1) is 15.3. The van der Waals surface area contributed by atoms with Gasteiger partial charge >= 0.3 is 0 Å². The van der Waals surface area contributed by atoms with Crippen LogP contribution < -0.4 is 5.32 Å². The molecular weight excluding hydrogens is 236 g/mol. The maximum absolute atomic E-state index is 5.93. The van der Waals surface area contributed by atoms with E-state index in [1.807, 2.05) is 0 Å². The van der Waals surface area contributed by atoms with E-state index in [1.54, 1.807) is 0 Å². The molecule has 3 heteroatoms. The Hall–Kier alpha value is -0.120. The highest BCUT2D eigenvalue weighted by Crippen LogP contribution is 2.25. The number of rotatable bonds is 4. The minimum absolute atomic E-state index is 0.255. The first-order valence-electron chi connectivity index (χ1n) is 8.13. The molecule has 0 amide bonds. The van der Waals surface area contributed by atoms with Crippen molar-refractivity contribution in [2.75, 3.05) is 26.2 Å². The van der Waals surface area contributed by atoms with Gasteiger partial charge in [-0.1, -0.05) is 20.3 Å². The molecule has 0 aliphatic carbocycles. The summed E-state index contributed by atoms with van der Waals surface area (Å²) in [6, 6.07) is 0.640. The predicted molar refractivity (Wildman–Crippen MR) is 80.5 cm³/mol. The monoisotopic (exact) mass is 268 g/mol. The van der Waals surface area contributed by atoms with E-state index in [1.165, 1.54) is 32.2 Å². The van der Waals surface area contributed by atoms with Gasteiger partial charge in [0.25, 0.3) is 0 Å². The van der Waals surface area contributed by atoms with Gasteiger partial charge < -0.3 is 10.1 Å². The Kier molecular flexibility index (Phi) is 5.27. The van der Waals surface area contributed by atoms with Crippen LogP contribution >= 0.6 is 0 Å². The normalized spacial score (nSPS) is 34.1. The van der Waals surface area contributed by atoms with E-state index in [-0.39, 0.29) is 5.54 Å². The van der Waals surface area contributed by atoms with Crippen LogP contribution in [0.2, 0.25) is 0 Å². The molecule has 19 heavy (non-hydrogen) atoms. The lowest BCUT2D eigenvalue weighted by Crippen LogP contribution is -2.64. The number of ether oxygens (including phenoxy) is 1. The van der Waals surface area contributed by atoms with Gasteiger partial charge in [0.15, 0.2) is 0 Å². The van der Waals surface area contributed by atoms with Crippen LogP contribution in [0.3, 0.4) is 0 Å². The second kappa shape index (κ2) is 6.55.